The van der Waals surface area contributed by atoms with Gasteiger partial charge >= 0.3 is 0 Å². The number of phenols is 1. The molecule has 1 aromatic rings. The van der Waals surface area contributed by atoms with E-state index in [0.29, 0.717) is 28.8 Å². The summed E-state index contributed by atoms with van der Waals surface area (Å²) in [6.07, 6.45) is 3.69. The summed E-state index contributed by atoms with van der Waals surface area (Å²) in [5, 5.41) is 14.2. The highest BCUT2D eigenvalue weighted by molar-refractivity contribution is 6.30. The molecule has 3 nitrogen and oxygen atoms in total. The summed E-state index contributed by atoms with van der Waals surface area (Å²) in [5.74, 6) is 0.602. The third-order valence-corrected chi connectivity index (χ3v) is 4.35. The van der Waals surface area contributed by atoms with Crippen LogP contribution in [0.25, 0.3) is 0 Å². The zero-order valence-electron chi connectivity index (χ0n) is 11.8. The number of aromatic hydroxyl groups is 1. The van der Waals surface area contributed by atoms with Crippen molar-refractivity contribution in [1.29, 1.82) is 0 Å². The summed E-state index contributed by atoms with van der Waals surface area (Å²) in [6.45, 7) is 5.18. The lowest BCUT2D eigenvalue weighted by atomic mass is 9.87. The van der Waals surface area contributed by atoms with Crippen LogP contribution >= 0.6 is 11.6 Å². The van der Waals surface area contributed by atoms with Crippen LogP contribution in [-0.2, 0) is 6.54 Å². The van der Waals surface area contributed by atoms with E-state index in [-0.39, 0.29) is 5.75 Å². The molecule has 1 fully saturated rings. The maximum atomic E-state index is 10.1. The van der Waals surface area contributed by atoms with Crippen LogP contribution in [0.1, 0.15) is 38.7 Å². The number of phenolic OH excluding ortho intramolecular Hbond substituents is 1. The van der Waals surface area contributed by atoms with E-state index in [1.54, 1.807) is 12.1 Å². The fourth-order valence-corrected chi connectivity index (χ4v) is 3.09. The number of hydrogen-bond acceptors (Lipinski definition) is 3. The number of hydrogen-bond donors (Lipinski definition) is 2. The number of rotatable bonds is 4. The molecule has 1 aliphatic carbocycles. The quantitative estimate of drug-likeness (QED) is 0.885. The van der Waals surface area contributed by atoms with E-state index in [2.05, 4.69) is 19.2 Å². The molecule has 4 heteroatoms. The van der Waals surface area contributed by atoms with Gasteiger partial charge in [-0.2, -0.15) is 0 Å². The van der Waals surface area contributed by atoms with Crippen molar-refractivity contribution < 1.29 is 9.84 Å². The third-order valence-electron chi connectivity index (χ3n) is 4.13. The van der Waals surface area contributed by atoms with E-state index in [9.17, 15) is 5.11 Å². The van der Waals surface area contributed by atoms with Gasteiger partial charge in [-0.3, -0.25) is 0 Å². The SMILES string of the molecule is COc1cc(Cl)cc(CNC2CCCC2(C)C)c1O. The fraction of sp³-hybridized carbons (Fsp3) is 0.600. The minimum absolute atomic E-state index is 0.176. The smallest absolute Gasteiger partial charge is 0.162 e. The number of nitrogens with one attached hydrogen (secondary N) is 1. The molecule has 0 radical (unpaired) electrons. The molecule has 1 aromatic carbocycles. The van der Waals surface area contributed by atoms with Gasteiger partial charge in [0.25, 0.3) is 0 Å². The number of methoxy groups -OCH3 is 1. The molecule has 0 heterocycles. The molecule has 1 aliphatic rings. The van der Waals surface area contributed by atoms with Crippen molar-refractivity contribution >= 4 is 11.6 Å². The summed E-state index contributed by atoms with van der Waals surface area (Å²) >= 11 is 6.03. The van der Waals surface area contributed by atoms with Gasteiger partial charge in [0.05, 0.1) is 7.11 Å². The molecule has 106 valence electrons. The number of benzene rings is 1. The Morgan fingerprint density at radius 2 is 2.21 bits per heavy atom. The van der Waals surface area contributed by atoms with E-state index in [1.807, 2.05) is 0 Å². The normalized spacial score (nSPS) is 21.6. The molecular weight excluding hydrogens is 262 g/mol. The number of ether oxygens (including phenoxy) is 1. The van der Waals surface area contributed by atoms with Gasteiger partial charge < -0.3 is 15.2 Å². The Hall–Kier alpha value is -0.930. The molecule has 1 unspecified atom stereocenters. The summed E-state index contributed by atoms with van der Waals surface area (Å²) < 4.78 is 5.12. The molecule has 1 saturated carbocycles. The highest BCUT2D eigenvalue weighted by Crippen LogP contribution is 2.38. The first kappa shape index (κ1) is 14.5. The second-order valence-electron chi connectivity index (χ2n) is 5.93. The fourth-order valence-electron chi connectivity index (χ4n) is 2.86. The van der Waals surface area contributed by atoms with E-state index in [4.69, 9.17) is 16.3 Å². The molecule has 2 rings (SSSR count). The molecule has 0 aliphatic heterocycles. The molecule has 19 heavy (non-hydrogen) atoms. The Labute approximate surface area is 119 Å². The van der Waals surface area contributed by atoms with E-state index < -0.39 is 0 Å². The highest BCUT2D eigenvalue weighted by atomic mass is 35.5. The second-order valence-corrected chi connectivity index (χ2v) is 6.37. The van der Waals surface area contributed by atoms with Crippen molar-refractivity contribution in [1.82, 2.24) is 5.32 Å². The molecule has 0 aromatic heterocycles. The topological polar surface area (TPSA) is 41.5 Å². The maximum Gasteiger partial charge on any atom is 0.162 e. The van der Waals surface area contributed by atoms with Crippen molar-refractivity contribution in [2.45, 2.75) is 45.7 Å². The average molecular weight is 284 g/mol. The summed E-state index contributed by atoms with van der Waals surface area (Å²) in [6, 6.07) is 3.89. The molecule has 0 spiro atoms. The minimum Gasteiger partial charge on any atom is -0.504 e. The monoisotopic (exact) mass is 283 g/mol. The predicted molar refractivity (Wildman–Crippen MR) is 77.9 cm³/mol. The molecule has 0 bridgehead atoms. The van der Waals surface area contributed by atoms with Gasteiger partial charge in [0.15, 0.2) is 11.5 Å². The van der Waals surface area contributed by atoms with Crippen LogP contribution in [0.15, 0.2) is 12.1 Å². The Balaban J connectivity index is 2.09. The zero-order valence-corrected chi connectivity index (χ0v) is 12.5. The molecule has 0 amide bonds. The highest BCUT2D eigenvalue weighted by Gasteiger charge is 2.33. The van der Waals surface area contributed by atoms with Gasteiger partial charge in [0, 0.05) is 29.2 Å². The van der Waals surface area contributed by atoms with Crippen LogP contribution in [-0.4, -0.2) is 18.3 Å². The first-order valence-corrected chi connectivity index (χ1v) is 7.10. The van der Waals surface area contributed by atoms with E-state index in [1.165, 1.54) is 26.4 Å². The Bertz CT molecular complexity index is 460. The van der Waals surface area contributed by atoms with Crippen LogP contribution in [0, 0.1) is 5.41 Å². The molecule has 2 N–H and O–H groups in total. The largest absolute Gasteiger partial charge is 0.504 e. The Morgan fingerprint density at radius 1 is 1.47 bits per heavy atom. The summed E-state index contributed by atoms with van der Waals surface area (Å²) in [7, 11) is 1.53. The van der Waals surface area contributed by atoms with Gasteiger partial charge in [-0.25, -0.2) is 0 Å². The molecular formula is C15H22ClNO2. The second kappa shape index (κ2) is 5.59. The first-order valence-electron chi connectivity index (χ1n) is 6.73. The van der Waals surface area contributed by atoms with E-state index >= 15 is 0 Å². The Morgan fingerprint density at radius 3 is 2.79 bits per heavy atom. The standard InChI is InChI=1S/C15H22ClNO2/c1-15(2)6-4-5-13(15)17-9-10-7-11(16)8-12(19-3)14(10)18/h7-8,13,17-18H,4-6,9H2,1-3H3. The summed E-state index contributed by atoms with van der Waals surface area (Å²) in [5.41, 5.74) is 1.10. The number of halogens is 1. The van der Waals surface area contributed by atoms with E-state index in [0.717, 1.165) is 5.56 Å². The molecule has 1 atom stereocenters. The van der Waals surface area contributed by atoms with Gasteiger partial charge in [-0.15, -0.1) is 0 Å². The van der Waals surface area contributed by atoms with Crippen LogP contribution in [0.2, 0.25) is 5.02 Å². The predicted octanol–water partition coefficient (Wildman–Crippen LogP) is 3.72. The van der Waals surface area contributed by atoms with Gasteiger partial charge in [0.1, 0.15) is 0 Å². The van der Waals surface area contributed by atoms with Crippen LogP contribution in [0.5, 0.6) is 11.5 Å². The van der Waals surface area contributed by atoms with Crippen molar-refractivity contribution in [3.8, 4) is 11.5 Å². The minimum atomic E-state index is 0.176. The van der Waals surface area contributed by atoms with Crippen LogP contribution < -0.4 is 10.1 Å². The average Bonchev–Trinajstić information content (AvgIpc) is 2.69. The lowest BCUT2D eigenvalue weighted by molar-refractivity contribution is 0.281. The summed E-state index contributed by atoms with van der Waals surface area (Å²) in [4.78, 5) is 0. The Kier molecular flexibility index (Phi) is 4.26. The van der Waals surface area contributed by atoms with Crippen LogP contribution in [0.4, 0.5) is 0 Å². The van der Waals surface area contributed by atoms with Crippen molar-refractivity contribution in [2.75, 3.05) is 7.11 Å². The lowest BCUT2D eigenvalue weighted by Gasteiger charge is -2.28. The van der Waals surface area contributed by atoms with Gasteiger partial charge in [-0.1, -0.05) is 31.9 Å². The maximum absolute atomic E-state index is 10.1. The lowest BCUT2D eigenvalue weighted by Crippen LogP contribution is -2.37. The van der Waals surface area contributed by atoms with Crippen molar-refractivity contribution in [2.24, 2.45) is 5.41 Å². The third kappa shape index (κ3) is 3.15. The van der Waals surface area contributed by atoms with Gasteiger partial charge in [0.2, 0.25) is 0 Å². The zero-order chi connectivity index (χ0) is 14.0. The van der Waals surface area contributed by atoms with Crippen molar-refractivity contribution in [3.05, 3.63) is 22.7 Å². The van der Waals surface area contributed by atoms with Crippen LogP contribution in [0.3, 0.4) is 0 Å². The van der Waals surface area contributed by atoms with Crippen molar-refractivity contribution in [3.63, 3.8) is 0 Å². The molecule has 0 saturated heterocycles. The van der Waals surface area contributed by atoms with Gasteiger partial charge in [-0.05, 0) is 24.3 Å². The first-order chi connectivity index (χ1) is 8.94.